The Labute approximate surface area is 245 Å². The highest BCUT2D eigenvalue weighted by Crippen LogP contribution is 2.12. The summed E-state index contributed by atoms with van der Waals surface area (Å²) in [7, 11) is 0. The first-order chi connectivity index (χ1) is 20.1. The van der Waals surface area contributed by atoms with Crippen molar-refractivity contribution in [2.24, 2.45) is 11.5 Å². The van der Waals surface area contributed by atoms with Crippen molar-refractivity contribution < 1.29 is 19.8 Å². The summed E-state index contributed by atoms with van der Waals surface area (Å²) in [5.41, 5.74) is 15.6. The number of aromatic hydroxyl groups is 2. The van der Waals surface area contributed by atoms with Gasteiger partial charge in [0.2, 0.25) is 11.8 Å². The monoisotopic (exact) mass is 578 g/mol. The second-order valence-corrected chi connectivity index (χ2v) is 10.5. The highest BCUT2D eigenvalue weighted by atomic mass is 16.3. The van der Waals surface area contributed by atoms with Crippen LogP contribution >= 0.6 is 0 Å². The molecular weight excluding hydrogens is 536 g/mol. The predicted octanol–water partition coefficient (Wildman–Crippen LogP) is 1.51. The summed E-state index contributed by atoms with van der Waals surface area (Å²) in [6.45, 7) is 2.80. The Balaban J connectivity index is 1.31. The zero-order valence-corrected chi connectivity index (χ0v) is 24.1. The molecule has 0 unspecified atom stereocenters. The molecule has 0 fully saturated rings. The molecule has 42 heavy (non-hydrogen) atoms. The standard InChI is InChI=1S/C31H42N6O5/c1-20-27(6-2-4-16-34-29(40)25(32)18-21-8-12-23(38)13-9-21)37-31(42)28(36-20)7-3-5-17-35-30(41)26(33)19-22-10-14-24(39)15-11-22/h8-15,25-26,38-39H,2-7,16-19,32-33H2,1H3,(H,34,40)(H,35,41)(H,37,42)/t25-,26-/m0/s1. The van der Waals surface area contributed by atoms with Crippen LogP contribution < -0.4 is 27.7 Å². The number of nitrogens with one attached hydrogen (secondary N) is 3. The van der Waals surface area contributed by atoms with Gasteiger partial charge in [0.05, 0.1) is 17.8 Å². The topological polar surface area (TPSA) is 196 Å². The number of carbonyl (C=O) groups excluding carboxylic acids is 2. The molecule has 3 aromatic rings. The number of nitrogens with two attached hydrogens (primary N) is 2. The van der Waals surface area contributed by atoms with E-state index in [1.165, 1.54) is 0 Å². The fourth-order valence-electron chi connectivity index (χ4n) is 4.52. The van der Waals surface area contributed by atoms with Crippen LogP contribution in [0.1, 0.15) is 53.9 Å². The van der Waals surface area contributed by atoms with Gasteiger partial charge in [0.1, 0.15) is 17.2 Å². The molecule has 0 aliphatic heterocycles. The van der Waals surface area contributed by atoms with Crippen molar-refractivity contribution in [2.45, 2.75) is 70.4 Å². The Morgan fingerprint density at radius 1 is 0.786 bits per heavy atom. The number of benzene rings is 2. The quantitative estimate of drug-likeness (QED) is 0.124. The van der Waals surface area contributed by atoms with E-state index in [1.54, 1.807) is 48.5 Å². The number of aromatic amines is 1. The molecule has 0 radical (unpaired) electrons. The van der Waals surface area contributed by atoms with Crippen molar-refractivity contribution >= 4 is 11.8 Å². The van der Waals surface area contributed by atoms with Gasteiger partial charge in [-0.25, -0.2) is 0 Å². The van der Waals surface area contributed by atoms with E-state index in [0.717, 1.165) is 35.4 Å². The number of hydrogen-bond donors (Lipinski definition) is 7. The molecule has 11 nitrogen and oxygen atoms in total. The Bertz CT molecular complexity index is 1360. The van der Waals surface area contributed by atoms with Crippen LogP contribution in [-0.4, -0.2) is 57.2 Å². The zero-order chi connectivity index (χ0) is 30.5. The minimum atomic E-state index is -0.681. The molecule has 1 heterocycles. The maximum absolute atomic E-state index is 12.6. The van der Waals surface area contributed by atoms with Gasteiger partial charge >= 0.3 is 0 Å². The minimum Gasteiger partial charge on any atom is -0.508 e. The summed E-state index contributed by atoms with van der Waals surface area (Å²) in [5.74, 6) is -0.134. The van der Waals surface area contributed by atoms with Crippen LogP contribution in [0.25, 0.3) is 0 Å². The average molecular weight is 579 g/mol. The summed E-state index contributed by atoms with van der Waals surface area (Å²) < 4.78 is 0. The lowest BCUT2D eigenvalue weighted by Crippen LogP contribution is -2.42. The van der Waals surface area contributed by atoms with Gasteiger partial charge in [-0.1, -0.05) is 24.3 Å². The summed E-state index contributed by atoms with van der Waals surface area (Å²) in [6, 6.07) is 11.9. The molecule has 11 heteroatoms. The number of nitrogens with zero attached hydrogens (tertiary/aromatic N) is 1. The third-order valence-corrected chi connectivity index (χ3v) is 7.02. The number of phenolic OH excluding ortho intramolecular Hbond substituents is 2. The number of H-pyrrole nitrogens is 1. The van der Waals surface area contributed by atoms with Crippen LogP contribution in [0.5, 0.6) is 11.5 Å². The lowest BCUT2D eigenvalue weighted by atomic mass is 10.1. The molecule has 2 atom stereocenters. The van der Waals surface area contributed by atoms with Crippen molar-refractivity contribution in [3.8, 4) is 11.5 Å². The Hall–Kier alpha value is -4.22. The number of amides is 2. The predicted molar refractivity (Wildman–Crippen MR) is 161 cm³/mol. The number of hydrogen-bond acceptors (Lipinski definition) is 8. The van der Waals surface area contributed by atoms with Crippen LogP contribution in [0.2, 0.25) is 0 Å². The first kappa shape index (κ1) is 32.3. The molecule has 0 spiro atoms. The third kappa shape index (κ3) is 10.6. The van der Waals surface area contributed by atoms with Crippen LogP contribution in [0.15, 0.2) is 53.3 Å². The molecule has 0 aliphatic carbocycles. The third-order valence-electron chi connectivity index (χ3n) is 7.02. The molecule has 3 rings (SSSR count). The van der Waals surface area contributed by atoms with Crippen molar-refractivity contribution in [3.63, 3.8) is 0 Å². The van der Waals surface area contributed by atoms with E-state index in [-0.39, 0.29) is 28.9 Å². The molecule has 0 saturated carbocycles. The van der Waals surface area contributed by atoms with Gasteiger partial charge in [-0.2, -0.15) is 0 Å². The van der Waals surface area contributed by atoms with Crippen LogP contribution in [-0.2, 0) is 35.3 Å². The fourth-order valence-corrected chi connectivity index (χ4v) is 4.52. The number of aryl methyl sites for hydroxylation is 3. The Morgan fingerprint density at radius 3 is 1.71 bits per heavy atom. The SMILES string of the molecule is Cc1nc(CCCCNC(=O)[C@@H](N)Cc2ccc(O)cc2)c(=O)[nH]c1CCCCNC(=O)[C@@H](N)Cc1ccc(O)cc1. The maximum Gasteiger partial charge on any atom is 0.269 e. The first-order valence-electron chi connectivity index (χ1n) is 14.3. The van der Waals surface area contributed by atoms with Gasteiger partial charge in [-0.3, -0.25) is 19.4 Å². The minimum absolute atomic E-state index is 0.165. The number of phenols is 2. The Kier molecular flexibility index (Phi) is 12.5. The van der Waals surface area contributed by atoms with E-state index in [1.807, 2.05) is 6.92 Å². The first-order valence-corrected chi connectivity index (χ1v) is 14.3. The maximum atomic E-state index is 12.6. The van der Waals surface area contributed by atoms with Crippen LogP contribution in [0.3, 0.4) is 0 Å². The smallest absolute Gasteiger partial charge is 0.269 e. The highest BCUT2D eigenvalue weighted by molar-refractivity contribution is 5.82. The van der Waals surface area contributed by atoms with Crippen molar-refractivity contribution in [3.05, 3.63) is 87.1 Å². The number of carbonyl (C=O) groups is 2. The van der Waals surface area contributed by atoms with Gasteiger partial charge in [0.25, 0.3) is 5.56 Å². The second-order valence-electron chi connectivity index (χ2n) is 10.5. The van der Waals surface area contributed by atoms with Gasteiger partial charge in [-0.15, -0.1) is 0 Å². The van der Waals surface area contributed by atoms with E-state index in [9.17, 15) is 24.6 Å². The summed E-state index contributed by atoms with van der Waals surface area (Å²) in [4.78, 5) is 44.6. The van der Waals surface area contributed by atoms with E-state index in [4.69, 9.17) is 11.5 Å². The molecule has 9 N–H and O–H groups in total. The van der Waals surface area contributed by atoms with Gasteiger partial charge in [0, 0.05) is 18.8 Å². The van der Waals surface area contributed by atoms with Crippen LogP contribution in [0.4, 0.5) is 0 Å². The molecule has 0 saturated heterocycles. The molecular formula is C31H42N6O5. The van der Waals surface area contributed by atoms with Crippen molar-refractivity contribution in [1.29, 1.82) is 0 Å². The molecule has 1 aromatic heterocycles. The fraction of sp³-hybridized carbons (Fsp3) is 0.419. The van der Waals surface area contributed by atoms with Crippen molar-refractivity contribution in [1.82, 2.24) is 20.6 Å². The van der Waals surface area contributed by atoms with E-state index in [0.29, 0.717) is 57.3 Å². The Morgan fingerprint density at radius 2 is 1.24 bits per heavy atom. The normalized spacial score (nSPS) is 12.5. The van der Waals surface area contributed by atoms with Crippen molar-refractivity contribution in [2.75, 3.05) is 13.1 Å². The number of unbranched alkanes of at least 4 members (excludes halogenated alkanes) is 2. The summed E-state index contributed by atoms with van der Waals surface area (Å²) in [6.07, 6.45) is 4.77. The molecule has 0 aliphatic rings. The highest BCUT2D eigenvalue weighted by Gasteiger charge is 2.15. The second kappa shape index (κ2) is 16.3. The molecule has 2 aromatic carbocycles. The zero-order valence-electron chi connectivity index (χ0n) is 24.1. The van der Waals surface area contributed by atoms with Gasteiger partial charge in [-0.05, 0) is 93.7 Å². The molecule has 0 bridgehead atoms. The van der Waals surface area contributed by atoms with E-state index >= 15 is 0 Å². The van der Waals surface area contributed by atoms with Gasteiger partial charge < -0.3 is 37.3 Å². The van der Waals surface area contributed by atoms with E-state index in [2.05, 4.69) is 20.6 Å². The van der Waals surface area contributed by atoms with E-state index < -0.39 is 12.1 Å². The largest absolute Gasteiger partial charge is 0.508 e. The summed E-state index contributed by atoms with van der Waals surface area (Å²) >= 11 is 0. The molecule has 2 amide bonds. The number of rotatable bonds is 16. The molecule has 226 valence electrons. The van der Waals surface area contributed by atoms with Gasteiger partial charge in [0.15, 0.2) is 0 Å². The lowest BCUT2D eigenvalue weighted by molar-refractivity contribution is -0.123. The van der Waals surface area contributed by atoms with Crippen LogP contribution in [0, 0.1) is 6.92 Å². The summed E-state index contributed by atoms with van der Waals surface area (Å²) in [5, 5.41) is 24.4. The lowest BCUT2D eigenvalue weighted by Gasteiger charge is -2.13. The average Bonchev–Trinajstić information content (AvgIpc) is 2.96. The number of aromatic nitrogens is 2.